The summed E-state index contributed by atoms with van der Waals surface area (Å²) in [5.74, 6) is 0.667. The third-order valence-electron chi connectivity index (χ3n) is 2.76. The molecule has 0 bridgehead atoms. The van der Waals surface area contributed by atoms with Crippen molar-refractivity contribution in [2.45, 2.75) is 6.42 Å². The highest BCUT2D eigenvalue weighted by Crippen LogP contribution is 2.15. The summed E-state index contributed by atoms with van der Waals surface area (Å²) in [5, 5.41) is 4.09. The Bertz CT molecular complexity index is 599. The summed E-state index contributed by atoms with van der Waals surface area (Å²) in [6.07, 6.45) is 0.307. The molecule has 0 aliphatic carbocycles. The summed E-state index contributed by atoms with van der Waals surface area (Å²) >= 11 is 11.7. The molecule has 110 valence electrons. The van der Waals surface area contributed by atoms with Crippen LogP contribution in [0.3, 0.4) is 0 Å². The maximum absolute atomic E-state index is 11.8. The van der Waals surface area contributed by atoms with Gasteiger partial charge in [-0.3, -0.25) is 4.79 Å². The van der Waals surface area contributed by atoms with Gasteiger partial charge < -0.3 is 10.1 Å². The molecule has 0 fully saturated rings. The molecule has 0 heterocycles. The molecule has 0 radical (unpaired) electrons. The molecule has 0 aliphatic rings. The third kappa shape index (κ3) is 5.66. The number of benzene rings is 2. The van der Waals surface area contributed by atoms with E-state index in [0.29, 0.717) is 29.6 Å². The van der Waals surface area contributed by atoms with Crippen molar-refractivity contribution in [2.75, 3.05) is 13.2 Å². The van der Waals surface area contributed by atoms with Crippen LogP contribution in [0.2, 0.25) is 10.0 Å². The van der Waals surface area contributed by atoms with Crippen molar-refractivity contribution in [1.29, 1.82) is 0 Å². The van der Waals surface area contributed by atoms with Gasteiger partial charge in [-0.05, 0) is 42.0 Å². The number of amides is 1. The minimum Gasteiger partial charge on any atom is -0.492 e. The lowest BCUT2D eigenvalue weighted by molar-refractivity contribution is -0.120. The van der Waals surface area contributed by atoms with Gasteiger partial charge in [0.05, 0.1) is 13.0 Å². The predicted octanol–water partition coefficient (Wildman–Crippen LogP) is 3.73. The van der Waals surface area contributed by atoms with Gasteiger partial charge in [0.25, 0.3) is 0 Å². The fraction of sp³-hybridized carbons (Fsp3) is 0.188. The smallest absolute Gasteiger partial charge is 0.224 e. The normalized spacial score (nSPS) is 10.2. The standard InChI is InChI=1S/C16H15Cl2NO2/c17-13-4-6-15(7-5-13)21-9-8-19-16(20)11-12-2-1-3-14(18)10-12/h1-7,10H,8-9,11H2,(H,19,20). The number of hydrogen-bond donors (Lipinski definition) is 1. The molecule has 2 rings (SSSR count). The predicted molar refractivity (Wildman–Crippen MR) is 85.1 cm³/mol. The monoisotopic (exact) mass is 323 g/mol. The van der Waals surface area contributed by atoms with Crippen LogP contribution >= 0.6 is 23.2 Å². The van der Waals surface area contributed by atoms with E-state index in [0.717, 1.165) is 11.3 Å². The van der Waals surface area contributed by atoms with Gasteiger partial charge in [0.15, 0.2) is 0 Å². The highest BCUT2D eigenvalue weighted by molar-refractivity contribution is 6.30. The summed E-state index contributed by atoms with van der Waals surface area (Å²) in [6.45, 7) is 0.852. The van der Waals surface area contributed by atoms with Crippen LogP contribution in [0.15, 0.2) is 48.5 Å². The van der Waals surface area contributed by atoms with Crippen LogP contribution in [0.25, 0.3) is 0 Å². The van der Waals surface area contributed by atoms with Gasteiger partial charge in [-0.15, -0.1) is 0 Å². The molecule has 5 heteroatoms. The van der Waals surface area contributed by atoms with Crippen molar-refractivity contribution in [2.24, 2.45) is 0 Å². The highest BCUT2D eigenvalue weighted by atomic mass is 35.5. The molecule has 1 amide bonds. The first-order chi connectivity index (χ1) is 10.1. The minimum atomic E-state index is -0.0584. The molecule has 0 saturated heterocycles. The van der Waals surface area contributed by atoms with Crippen molar-refractivity contribution in [3.8, 4) is 5.75 Å². The molecule has 0 atom stereocenters. The second-order valence-electron chi connectivity index (χ2n) is 4.46. The molecule has 3 nitrogen and oxygen atoms in total. The lowest BCUT2D eigenvalue weighted by Crippen LogP contribution is -2.29. The van der Waals surface area contributed by atoms with Crippen molar-refractivity contribution in [3.05, 3.63) is 64.1 Å². The largest absolute Gasteiger partial charge is 0.492 e. The topological polar surface area (TPSA) is 38.3 Å². The zero-order chi connectivity index (χ0) is 15.1. The zero-order valence-electron chi connectivity index (χ0n) is 11.3. The molecular formula is C16H15Cl2NO2. The van der Waals surface area contributed by atoms with Crippen molar-refractivity contribution < 1.29 is 9.53 Å². The van der Waals surface area contributed by atoms with Gasteiger partial charge >= 0.3 is 0 Å². The van der Waals surface area contributed by atoms with Crippen LogP contribution in [0.1, 0.15) is 5.56 Å². The lowest BCUT2D eigenvalue weighted by atomic mass is 10.1. The first-order valence-corrected chi connectivity index (χ1v) is 7.28. The molecule has 1 N–H and O–H groups in total. The Morgan fingerprint density at radius 2 is 1.81 bits per heavy atom. The minimum absolute atomic E-state index is 0.0584. The number of halogens is 2. The van der Waals surface area contributed by atoms with E-state index < -0.39 is 0 Å². The van der Waals surface area contributed by atoms with Crippen LogP contribution in [-0.4, -0.2) is 19.1 Å². The van der Waals surface area contributed by atoms with E-state index in [4.69, 9.17) is 27.9 Å². The molecule has 0 aromatic heterocycles. The van der Waals surface area contributed by atoms with Gasteiger partial charge in [0.1, 0.15) is 12.4 Å². The molecule has 0 saturated carbocycles. The van der Waals surface area contributed by atoms with E-state index in [9.17, 15) is 4.79 Å². The SMILES string of the molecule is O=C(Cc1cccc(Cl)c1)NCCOc1ccc(Cl)cc1. The molecule has 21 heavy (non-hydrogen) atoms. The van der Waals surface area contributed by atoms with E-state index >= 15 is 0 Å². The number of rotatable bonds is 6. The third-order valence-corrected chi connectivity index (χ3v) is 3.25. The van der Waals surface area contributed by atoms with E-state index in [-0.39, 0.29) is 5.91 Å². The number of hydrogen-bond acceptors (Lipinski definition) is 2. The summed E-state index contributed by atoms with van der Waals surface area (Å²) in [6, 6.07) is 14.4. The highest BCUT2D eigenvalue weighted by Gasteiger charge is 2.03. The van der Waals surface area contributed by atoms with Crippen molar-refractivity contribution in [1.82, 2.24) is 5.32 Å². The average Bonchev–Trinajstić information content (AvgIpc) is 2.45. The van der Waals surface area contributed by atoms with E-state index in [1.165, 1.54) is 0 Å². The van der Waals surface area contributed by atoms with Crippen LogP contribution in [-0.2, 0) is 11.2 Å². The van der Waals surface area contributed by atoms with Crippen LogP contribution in [0.4, 0.5) is 0 Å². The fourth-order valence-corrected chi connectivity index (χ4v) is 2.12. The number of nitrogens with one attached hydrogen (secondary N) is 1. The fourth-order valence-electron chi connectivity index (χ4n) is 1.78. The van der Waals surface area contributed by atoms with E-state index in [1.807, 2.05) is 12.1 Å². The quantitative estimate of drug-likeness (QED) is 0.822. The van der Waals surface area contributed by atoms with Crippen molar-refractivity contribution in [3.63, 3.8) is 0 Å². The number of carbonyl (C=O) groups is 1. The van der Waals surface area contributed by atoms with E-state index in [1.54, 1.807) is 36.4 Å². The summed E-state index contributed by atoms with van der Waals surface area (Å²) in [4.78, 5) is 11.8. The Balaban J connectivity index is 1.68. The maximum Gasteiger partial charge on any atom is 0.224 e. The Kier molecular flexibility index (Phi) is 5.90. The molecule has 2 aromatic rings. The molecule has 2 aromatic carbocycles. The van der Waals surface area contributed by atoms with Crippen molar-refractivity contribution >= 4 is 29.1 Å². The maximum atomic E-state index is 11.8. The Hall–Kier alpha value is -1.71. The van der Waals surface area contributed by atoms with Gasteiger partial charge in [0, 0.05) is 10.0 Å². The van der Waals surface area contributed by atoms with E-state index in [2.05, 4.69) is 5.32 Å². The Morgan fingerprint density at radius 3 is 2.52 bits per heavy atom. The van der Waals surface area contributed by atoms with Gasteiger partial charge in [-0.2, -0.15) is 0 Å². The van der Waals surface area contributed by atoms with Crippen LogP contribution in [0, 0.1) is 0 Å². The van der Waals surface area contributed by atoms with Gasteiger partial charge in [-0.25, -0.2) is 0 Å². The second-order valence-corrected chi connectivity index (χ2v) is 5.33. The summed E-state index contributed by atoms with van der Waals surface area (Å²) in [5.41, 5.74) is 0.888. The first kappa shape index (κ1) is 15.7. The average molecular weight is 324 g/mol. The first-order valence-electron chi connectivity index (χ1n) is 6.53. The molecule has 0 unspecified atom stereocenters. The van der Waals surface area contributed by atoms with Gasteiger partial charge in [-0.1, -0.05) is 35.3 Å². The number of carbonyl (C=O) groups excluding carboxylic acids is 1. The molecule has 0 aliphatic heterocycles. The van der Waals surface area contributed by atoms with Crippen LogP contribution in [0.5, 0.6) is 5.75 Å². The lowest BCUT2D eigenvalue weighted by Gasteiger charge is -2.08. The van der Waals surface area contributed by atoms with Gasteiger partial charge in [0.2, 0.25) is 5.91 Å². The number of ether oxygens (including phenoxy) is 1. The van der Waals surface area contributed by atoms with Crippen LogP contribution < -0.4 is 10.1 Å². The zero-order valence-corrected chi connectivity index (χ0v) is 12.8. The second kappa shape index (κ2) is 7.91. The Labute approximate surface area is 133 Å². The summed E-state index contributed by atoms with van der Waals surface area (Å²) in [7, 11) is 0. The summed E-state index contributed by atoms with van der Waals surface area (Å²) < 4.78 is 5.49. The molecular weight excluding hydrogens is 309 g/mol. The molecule has 0 spiro atoms. The Morgan fingerprint density at radius 1 is 1.05 bits per heavy atom.